The van der Waals surface area contributed by atoms with Gasteiger partial charge < -0.3 is 4.90 Å². The van der Waals surface area contributed by atoms with E-state index in [1.165, 1.54) is 5.56 Å². The SMILES string of the molecule is O=C(c1cnc2cnccn12)N1CCCC1c1cccc(Br)c1. The summed E-state index contributed by atoms with van der Waals surface area (Å²) in [5.74, 6) is 0.0196. The normalized spacial score (nSPS) is 17.8. The molecular weight excluding hydrogens is 356 g/mol. The van der Waals surface area contributed by atoms with E-state index in [1.807, 2.05) is 17.0 Å². The van der Waals surface area contributed by atoms with Crippen molar-refractivity contribution in [1.29, 1.82) is 0 Å². The first kappa shape index (κ1) is 14.4. The van der Waals surface area contributed by atoms with Crippen molar-refractivity contribution in [1.82, 2.24) is 19.3 Å². The van der Waals surface area contributed by atoms with E-state index in [4.69, 9.17) is 0 Å². The summed E-state index contributed by atoms with van der Waals surface area (Å²) in [6, 6.07) is 8.31. The third-order valence-electron chi connectivity index (χ3n) is 4.28. The van der Waals surface area contributed by atoms with E-state index < -0.39 is 0 Å². The third kappa shape index (κ3) is 2.53. The predicted octanol–water partition coefficient (Wildman–Crippen LogP) is 3.47. The van der Waals surface area contributed by atoms with E-state index in [0.29, 0.717) is 11.3 Å². The van der Waals surface area contributed by atoms with Gasteiger partial charge in [0.05, 0.1) is 18.4 Å². The molecule has 6 heteroatoms. The van der Waals surface area contributed by atoms with Crippen LogP contribution in [-0.4, -0.2) is 31.7 Å². The number of carbonyl (C=O) groups excluding carboxylic acids is 1. The summed E-state index contributed by atoms with van der Waals surface area (Å²) in [7, 11) is 0. The Morgan fingerprint density at radius 1 is 1.30 bits per heavy atom. The molecule has 1 fully saturated rings. The first-order chi connectivity index (χ1) is 11.2. The van der Waals surface area contributed by atoms with E-state index >= 15 is 0 Å². The molecule has 0 spiro atoms. The van der Waals surface area contributed by atoms with Gasteiger partial charge in [-0.1, -0.05) is 28.1 Å². The van der Waals surface area contributed by atoms with Gasteiger partial charge >= 0.3 is 0 Å². The molecule has 0 aliphatic carbocycles. The maximum absolute atomic E-state index is 13.0. The molecule has 3 aromatic rings. The molecule has 1 atom stereocenters. The fourth-order valence-corrected chi connectivity index (χ4v) is 3.63. The van der Waals surface area contributed by atoms with Gasteiger partial charge in [0.2, 0.25) is 0 Å². The van der Waals surface area contributed by atoms with E-state index in [-0.39, 0.29) is 11.9 Å². The van der Waals surface area contributed by atoms with Gasteiger partial charge in [0.25, 0.3) is 5.91 Å². The van der Waals surface area contributed by atoms with Crippen LogP contribution < -0.4 is 0 Å². The Hall–Kier alpha value is -2.21. The maximum atomic E-state index is 13.0. The summed E-state index contributed by atoms with van der Waals surface area (Å²) >= 11 is 3.51. The summed E-state index contributed by atoms with van der Waals surface area (Å²) < 4.78 is 2.83. The van der Waals surface area contributed by atoms with Gasteiger partial charge in [-0.05, 0) is 30.5 Å². The molecule has 0 N–H and O–H groups in total. The largest absolute Gasteiger partial charge is 0.330 e. The van der Waals surface area contributed by atoms with Crippen LogP contribution in [0.2, 0.25) is 0 Å². The quantitative estimate of drug-likeness (QED) is 0.693. The van der Waals surface area contributed by atoms with Crippen LogP contribution >= 0.6 is 15.9 Å². The molecule has 4 rings (SSSR count). The first-order valence-electron chi connectivity index (χ1n) is 7.57. The topological polar surface area (TPSA) is 50.5 Å². The van der Waals surface area contributed by atoms with Gasteiger partial charge in [0.15, 0.2) is 5.65 Å². The van der Waals surface area contributed by atoms with E-state index in [2.05, 4.69) is 38.0 Å². The lowest BCUT2D eigenvalue weighted by Gasteiger charge is -2.25. The summed E-state index contributed by atoms with van der Waals surface area (Å²) in [4.78, 5) is 23.3. The van der Waals surface area contributed by atoms with Crippen molar-refractivity contribution in [3.63, 3.8) is 0 Å². The lowest BCUT2D eigenvalue weighted by atomic mass is 10.0. The molecule has 3 heterocycles. The number of likely N-dealkylation sites (tertiary alicyclic amines) is 1. The minimum absolute atomic E-state index is 0.0196. The molecule has 1 saturated heterocycles. The fraction of sp³-hybridized carbons (Fsp3) is 0.235. The molecular formula is C17H15BrN4O. The second-order valence-corrected chi connectivity index (χ2v) is 6.58. The van der Waals surface area contributed by atoms with Crippen LogP contribution in [0, 0.1) is 0 Å². The molecule has 0 radical (unpaired) electrons. The van der Waals surface area contributed by atoms with Crippen LogP contribution in [0.1, 0.15) is 34.9 Å². The van der Waals surface area contributed by atoms with Crippen molar-refractivity contribution in [2.45, 2.75) is 18.9 Å². The highest BCUT2D eigenvalue weighted by molar-refractivity contribution is 9.10. The molecule has 1 aliphatic rings. The molecule has 1 aliphatic heterocycles. The van der Waals surface area contributed by atoms with Crippen molar-refractivity contribution in [3.8, 4) is 0 Å². The lowest BCUT2D eigenvalue weighted by molar-refractivity contribution is 0.0728. The molecule has 1 amide bonds. The standard InChI is InChI=1S/C17H15BrN4O/c18-13-4-1-3-12(9-13)14-5-2-7-22(14)17(23)15-10-20-16-11-19-6-8-21(15)16/h1,3-4,6,8-11,14H,2,5,7H2. The smallest absolute Gasteiger partial charge is 0.273 e. The average Bonchev–Trinajstić information content (AvgIpc) is 3.21. The second kappa shape index (κ2) is 5.77. The number of imidazole rings is 1. The summed E-state index contributed by atoms with van der Waals surface area (Å²) in [5.41, 5.74) is 2.44. The molecule has 23 heavy (non-hydrogen) atoms. The van der Waals surface area contributed by atoms with Crippen LogP contribution in [0.25, 0.3) is 5.65 Å². The number of carbonyl (C=O) groups is 1. The molecule has 1 aromatic carbocycles. The Balaban J connectivity index is 1.70. The molecule has 0 saturated carbocycles. The average molecular weight is 371 g/mol. The summed E-state index contributed by atoms with van der Waals surface area (Å²) in [6.07, 6.45) is 8.74. The van der Waals surface area contributed by atoms with Gasteiger partial charge in [-0.15, -0.1) is 0 Å². The van der Waals surface area contributed by atoms with Gasteiger partial charge in [-0.25, -0.2) is 4.98 Å². The van der Waals surface area contributed by atoms with Crippen LogP contribution in [0.4, 0.5) is 0 Å². The van der Waals surface area contributed by atoms with Gasteiger partial charge in [0, 0.05) is 23.4 Å². The molecule has 2 aromatic heterocycles. The Kier molecular flexibility index (Phi) is 3.61. The van der Waals surface area contributed by atoms with Crippen LogP contribution in [-0.2, 0) is 0 Å². The number of fused-ring (bicyclic) bond motifs is 1. The number of nitrogens with zero attached hydrogens (tertiary/aromatic N) is 4. The zero-order chi connectivity index (χ0) is 15.8. The summed E-state index contributed by atoms with van der Waals surface area (Å²) in [6.45, 7) is 0.772. The Labute approximate surface area is 142 Å². The highest BCUT2D eigenvalue weighted by Crippen LogP contribution is 2.34. The van der Waals surface area contributed by atoms with E-state index in [1.54, 1.807) is 29.2 Å². The Morgan fingerprint density at radius 2 is 2.22 bits per heavy atom. The number of hydrogen-bond acceptors (Lipinski definition) is 3. The Morgan fingerprint density at radius 3 is 3.09 bits per heavy atom. The number of aromatic nitrogens is 3. The maximum Gasteiger partial charge on any atom is 0.273 e. The fourth-order valence-electron chi connectivity index (χ4n) is 3.22. The first-order valence-corrected chi connectivity index (χ1v) is 8.37. The van der Waals surface area contributed by atoms with Gasteiger partial charge in [0.1, 0.15) is 5.69 Å². The zero-order valence-corrected chi connectivity index (χ0v) is 14.0. The molecule has 5 nitrogen and oxygen atoms in total. The number of rotatable bonds is 2. The highest BCUT2D eigenvalue weighted by atomic mass is 79.9. The predicted molar refractivity (Wildman–Crippen MR) is 90.1 cm³/mol. The van der Waals surface area contributed by atoms with E-state index in [0.717, 1.165) is 23.9 Å². The molecule has 1 unspecified atom stereocenters. The minimum Gasteiger partial charge on any atom is -0.330 e. The lowest BCUT2D eigenvalue weighted by Crippen LogP contribution is -2.31. The van der Waals surface area contributed by atoms with Crippen LogP contribution in [0.5, 0.6) is 0 Å². The Bertz CT molecular complexity index is 876. The van der Waals surface area contributed by atoms with Crippen LogP contribution in [0.15, 0.2) is 53.5 Å². The molecule has 116 valence electrons. The summed E-state index contributed by atoms with van der Waals surface area (Å²) in [5, 5.41) is 0. The van der Waals surface area contributed by atoms with Crippen LogP contribution in [0.3, 0.4) is 0 Å². The van der Waals surface area contributed by atoms with Crippen molar-refractivity contribution in [2.24, 2.45) is 0 Å². The highest BCUT2D eigenvalue weighted by Gasteiger charge is 2.32. The number of benzene rings is 1. The number of halogens is 1. The van der Waals surface area contributed by atoms with E-state index in [9.17, 15) is 4.79 Å². The van der Waals surface area contributed by atoms with Gasteiger partial charge in [-0.3, -0.25) is 14.2 Å². The minimum atomic E-state index is 0.0196. The van der Waals surface area contributed by atoms with Crippen molar-refractivity contribution in [2.75, 3.05) is 6.54 Å². The number of amides is 1. The van der Waals surface area contributed by atoms with Gasteiger partial charge in [-0.2, -0.15) is 0 Å². The monoisotopic (exact) mass is 370 g/mol. The number of hydrogen-bond donors (Lipinski definition) is 0. The molecule has 0 bridgehead atoms. The van der Waals surface area contributed by atoms with Crippen molar-refractivity contribution >= 4 is 27.5 Å². The second-order valence-electron chi connectivity index (χ2n) is 5.66. The third-order valence-corrected chi connectivity index (χ3v) is 4.78. The van der Waals surface area contributed by atoms with Crippen molar-refractivity contribution in [3.05, 3.63) is 64.8 Å². The zero-order valence-electron chi connectivity index (χ0n) is 12.4. The van der Waals surface area contributed by atoms with Crippen molar-refractivity contribution < 1.29 is 4.79 Å².